The lowest BCUT2D eigenvalue weighted by Gasteiger charge is -1.97. The second kappa shape index (κ2) is 5.84. The summed E-state index contributed by atoms with van der Waals surface area (Å²) < 4.78 is 0.214. The molecule has 3 heteroatoms. The third kappa shape index (κ3) is 3.95. The Morgan fingerprint density at radius 1 is 1.21 bits per heavy atom. The summed E-state index contributed by atoms with van der Waals surface area (Å²) in [6.07, 6.45) is 2.65. The molecule has 14 heavy (non-hydrogen) atoms. The van der Waals surface area contributed by atoms with Crippen LogP contribution in [0.2, 0.25) is 0 Å². The van der Waals surface area contributed by atoms with Gasteiger partial charge in [-0.25, -0.2) is 0 Å². The number of rotatable bonds is 4. The molecule has 0 fully saturated rings. The summed E-state index contributed by atoms with van der Waals surface area (Å²) in [6, 6.07) is 9.17. The number of carbonyl (C=O) groups is 1. The van der Waals surface area contributed by atoms with Crippen LogP contribution in [-0.2, 0) is 0 Å². The molecule has 0 unspecified atom stereocenters. The summed E-state index contributed by atoms with van der Waals surface area (Å²) in [5, 5.41) is 0. The summed E-state index contributed by atoms with van der Waals surface area (Å²) in [5.41, 5.74) is 0.728. The van der Waals surface area contributed by atoms with Crippen molar-refractivity contribution in [2.45, 2.75) is 12.8 Å². The monoisotopic (exact) mass is 228 g/mol. The smallest absolute Gasteiger partial charge is 0.163 e. The van der Waals surface area contributed by atoms with Gasteiger partial charge in [0, 0.05) is 12.0 Å². The van der Waals surface area contributed by atoms with E-state index in [1.807, 2.05) is 18.2 Å². The maximum atomic E-state index is 11.5. The minimum atomic E-state index is 0.108. The van der Waals surface area contributed by atoms with Gasteiger partial charge in [0.2, 0.25) is 0 Å². The zero-order valence-electron chi connectivity index (χ0n) is 7.54. The highest BCUT2D eigenvalue weighted by molar-refractivity contribution is 6.55. The predicted octanol–water partition coefficient (Wildman–Crippen LogP) is 3.97. The number of halogens is 2. The van der Waals surface area contributed by atoms with Crippen molar-refractivity contribution < 1.29 is 4.79 Å². The molecule has 0 aromatic heterocycles. The molecule has 0 heterocycles. The molecule has 0 radical (unpaired) electrons. The normalized spacial score (nSPS) is 9.57. The van der Waals surface area contributed by atoms with Crippen molar-refractivity contribution in [1.29, 1.82) is 0 Å². The third-order valence-corrected chi connectivity index (χ3v) is 2.07. The summed E-state index contributed by atoms with van der Waals surface area (Å²) >= 11 is 10.8. The molecular formula is C11H10Cl2O. The van der Waals surface area contributed by atoms with E-state index >= 15 is 0 Å². The molecule has 1 aromatic rings. The van der Waals surface area contributed by atoms with E-state index in [-0.39, 0.29) is 10.3 Å². The van der Waals surface area contributed by atoms with Crippen LogP contribution in [0.3, 0.4) is 0 Å². The van der Waals surface area contributed by atoms with Crippen molar-refractivity contribution in [2.24, 2.45) is 0 Å². The Kier molecular flexibility index (Phi) is 4.71. The Hall–Kier alpha value is -0.790. The summed E-state index contributed by atoms with van der Waals surface area (Å²) in [5.74, 6) is 0.108. The van der Waals surface area contributed by atoms with E-state index in [9.17, 15) is 4.79 Å². The molecule has 0 saturated heterocycles. The first kappa shape index (κ1) is 11.3. The molecule has 1 aromatic carbocycles. The molecular weight excluding hydrogens is 219 g/mol. The molecule has 0 aliphatic heterocycles. The lowest BCUT2D eigenvalue weighted by molar-refractivity contribution is 0.0983. The second-order valence-corrected chi connectivity index (χ2v) is 3.83. The van der Waals surface area contributed by atoms with Crippen LogP contribution in [0.5, 0.6) is 0 Å². The molecule has 1 rings (SSSR count). The van der Waals surface area contributed by atoms with E-state index in [0.29, 0.717) is 12.8 Å². The van der Waals surface area contributed by atoms with Crippen LogP contribution in [0.15, 0.2) is 40.9 Å². The first-order valence-electron chi connectivity index (χ1n) is 4.29. The maximum Gasteiger partial charge on any atom is 0.163 e. The average Bonchev–Trinajstić information content (AvgIpc) is 2.18. The Balaban J connectivity index is 2.48. The fourth-order valence-corrected chi connectivity index (χ4v) is 1.30. The van der Waals surface area contributed by atoms with Crippen LogP contribution >= 0.6 is 23.2 Å². The van der Waals surface area contributed by atoms with Crippen molar-refractivity contribution in [3.05, 3.63) is 46.5 Å². The highest BCUT2D eigenvalue weighted by atomic mass is 35.5. The Morgan fingerprint density at radius 2 is 1.86 bits per heavy atom. The zero-order chi connectivity index (χ0) is 10.4. The van der Waals surface area contributed by atoms with Crippen LogP contribution in [0.4, 0.5) is 0 Å². The van der Waals surface area contributed by atoms with Gasteiger partial charge >= 0.3 is 0 Å². The quantitative estimate of drug-likeness (QED) is 0.714. The lowest BCUT2D eigenvalue weighted by Crippen LogP contribution is -1.97. The first-order chi connectivity index (χ1) is 6.70. The minimum absolute atomic E-state index is 0.108. The van der Waals surface area contributed by atoms with E-state index in [1.54, 1.807) is 18.2 Å². The van der Waals surface area contributed by atoms with Gasteiger partial charge in [0.15, 0.2) is 5.78 Å². The predicted molar refractivity (Wildman–Crippen MR) is 59.8 cm³/mol. The van der Waals surface area contributed by atoms with Crippen LogP contribution in [-0.4, -0.2) is 5.78 Å². The zero-order valence-corrected chi connectivity index (χ0v) is 9.05. The second-order valence-electron chi connectivity index (χ2n) is 2.82. The number of benzene rings is 1. The molecule has 74 valence electrons. The third-order valence-electron chi connectivity index (χ3n) is 1.77. The number of hydrogen-bond donors (Lipinski definition) is 0. The Bertz CT molecular complexity index is 326. The Labute approximate surface area is 93.3 Å². The average molecular weight is 229 g/mol. The van der Waals surface area contributed by atoms with Crippen molar-refractivity contribution in [3.8, 4) is 0 Å². The minimum Gasteiger partial charge on any atom is -0.294 e. The number of allylic oxidation sites excluding steroid dienone is 1. The number of carbonyl (C=O) groups excluding carboxylic acids is 1. The molecule has 0 aliphatic rings. The SMILES string of the molecule is O=C(CCC=C(Cl)Cl)c1ccccc1. The van der Waals surface area contributed by atoms with Gasteiger partial charge in [-0.2, -0.15) is 0 Å². The fraction of sp³-hybridized carbons (Fsp3) is 0.182. The topological polar surface area (TPSA) is 17.1 Å². The van der Waals surface area contributed by atoms with Gasteiger partial charge in [0.1, 0.15) is 4.49 Å². The maximum absolute atomic E-state index is 11.5. The van der Waals surface area contributed by atoms with Gasteiger partial charge in [-0.05, 0) is 6.42 Å². The molecule has 0 N–H and O–H groups in total. The summed E-state index contributed by atoms with van der Waals surface area (Å²) in [7, 11) is 0. The summed E-state index contributed by atoms with van der Waals surface area (Å²) in [4.78, 5) is 11.5. The van der Waals surface area contributed by atoms with Crippen LogP contribution in [0.1, 0.15) is 23.2 Å². The van der Waals surface area contributed by atoms with E-state index in [4.69, 9.17) is 23.2 Å². The van der Waals surface area contributed by atoms with Gasteiger partial charge in [-0.15, -0.1) is 0 Å². The van der Waals surface area contributed by atoms with Crippen LogP contribution in [0.25, 0.3) is 0 Å². The van der Waals surface area contributed by atoms with E-state index in [0.717, 1.165) is 5.56 Å². The van der Waals surface area contributed by atoms with Crippen molar-refractivity contribution in [1.82, 2.24) is 0 Å². The van der Waals surface area contributed by atoms with Crippen molar-refractivity contribution in [2.75, 3.05) is 0 Å². The van der Waals surface area contributed by atoms with Crippen molar-refractivity contribution >= 4 is 29.0 Å². The molecule has 0 atom stereocenters. The molecule has 0 bridgehead atoms. The molecule has 0 spiro atoms. The first-order valence-corrected chi connectivity index (χ1v) is 5.05. The van der Waals surface area contributed by atoms with Gasteiger partial charge in [0.25, 0.3) is 0 Å². The number of hydrogen-bond acceptors (Lipinski definition) is 1. The van der Waals surface area contributed by atoms with E-state index < -0.39 is 0 Å². The summed E-state index contributed by atoms with van der Waals surface area (Å²) in [6.45, 7) is 0. The van der Waals surface area contributed by atoms with Gasteiger partial charge in [-0.1, -0.05) is 59.6 Å². The highest BCUT2D eigenvalue weighted by Gasteiger charge is 2.02. The van der Waals surface area contributed by atoms with Crippen molar-refractivity contribution in [3.63, 3.8) is 0 Å². The van der Waals surface area contributed by atoms with E-state index in [1.165, 1.54) is 0 Å². The molecule has 0 saturated carbocycles. The van der Waals surface area contributed by atoms with Crippen LogP contribution in [0, 0.1) is 0 Å². The molecule has 1 nitrogen and oxygen atoms in total. The van der Waals surface area contributed by atoms with Gasteiger partial charge in [0.05, 0.1) is 0 Å². The number of ketones is 1. The highest BCUT2D eigenvalue weighted by Crippen LogP contribution is 2.11. The standard InChI is InChI=1S/C11H10Cl2O/c12-11(13)8-4-7-10(14)9-5-2-1-3-6-9/h1-3,5-6,8H,4,7H2. The fourth-order valence-electron chi connectivity index (χ4n) is 1.08. The molecule has 0 aliphatic carbocycles. The van der Waals surface area contributed by atoms with Gasteiger partial charge < -0.3 is 0 Å². The lowest BCUT2D eigenvalue weighted by atomic mass is 10.1. The van der Waals surface area contributed by atoms with Gasteiger partial charge in [-0.3, -0.25) is 4.79 Å². The van der Waals surface area contributed by atoms with E-state index in [2.05, 4.69) is 0 Å². The Morgan fingerprint density at radius 3 is 2.43 bits per heavy atom. The number of Topliss-reactive ketones (excluding diaryl/α,β-unsaturated/α-hetero) is 1. The largest absolute Gasteiger partial charge is 0.294 e. The molecule has 0 amide bonds. The van der Waals surface area contributed by atoms with Crippen LogP contribution < -0.4 is 0 Å².